The minimum Gasteiger partial charge on any atom is -0.377 e. The van der Waals surface area contributed by atoms with Crippen LogP contribution in [0, 0.1) is 13.8 Å². The molecule has 1 aliphatic rings. The molecule has 2 heterocycles. The van der Waals surface area contributed by atoms with E-state index >= 15 is 0 Å². The minimum atomic E-state index is 0.141. The number of hydrogen-bond donors (Lipinski definition) is 1. The molecule has 2 rings (SSSR count). The van der Waals surface area contributed by atoms with E-state index in [2.05, 4.69) is 39.1 Å². The largest absolute Gasteiger partial charge is 0.377 e. The van der Waals surface area contributed by atoms with Crippen molar-refractivity contribution in [2.45, 2.75) is 52.3 Å². The van der Waals surface area contributed by atoms with E-state index in [0.29, 0.717) is 6.10 Å². The Morgan fingerprint density at radius 1 is 1.56 bits per heavy atom. The lowest BCUT2D eigenvalue weighted by Crippen LogP contribution is -2.47. The van der Waals surface area contributed by atoms with Crippen LogP contribution < -0.4 is 5.32 Å². The fourth-order valence-corrected chi connectivity index (χ4v) is 3.17. The Morgan fingerprint density at radius 3 is 2.81 bits per heavy atom. The predicted molar refractivity (Wildman–Crippen MR) is 69.1 cm³/mol. The van der Waals surface area contributed by atoms with Gasteiger partial charge in [-0.2, -0.15) is 0 Å². The van der Waals surface area contributed by atoms with E-state index in [1.54, 1.807) is 0 Å². The lowest BCUT2D eigenvalue weighted by Gasteiger charge is -2.29. The predicted octanol–water partition coefficient (Wildman–Crippen LogP) is 3.02. The molecule has 0 saturated carbocycles. The average molecular weight is 239 g/mol. The first-order valence-electron chi connectivity index (χ1n) is 5.94. The Morgan fingerprint density at radius 2 is 2.31 bits per heavy atom. The van der Waals surface area contributed by atoms with Gasteiger partial charge in [-0.15, -0.1) is 11.3 Å². The first kappa shape index (κ1) is 12.1. The van der Waals surface area contributed by atoms with Crippen LogP contribution in [0.4, 0.5) is 0 Å². The third-order valence-electron chi connectivity index (χ3n) is 3.71. The summed E-state index contributed by atoms with van der Waals surface area (Å²) in [7, 11) is 0. The number of ether oxygens (including phenoxy) is 1. The molecule has 3 heteroatoms. The fourth-order valence-electron chi connectivity index (χ4n) is 2.22. The van der Waals surface area contributed by atoms with Gasteiger partial charge >= 0.3 is 0 Å². The fraction of sp³-hybridized carbons (Fsp3) is 0.692. The van der Waals surface area contributed by atoms with Gasteiger partial charge in [-0.1, -0.05) is 0 Å². The zero-order chi connectivity index (χ0) is 11.8. The van der Waals surface area contributed by atoms with Crippen molar-refractivity contribution in [2.24, 2.45) is 0 Å². The minimum absolute atomic E-state index is 0.141. The van der Waals surface area contributed by atoms with Crippen LogP contribution in [0.5, 0.6) is 0 Å². The molecule has 1 N–H and O–H groups in total. The first-order valence-corrected chi connectivity index (χ1v) is 6.75. The van der Waals surface area contributed by atoms with Gasteiger partial charge < -0.3 is 10.1 Å². The second-order valence-electron chi connectivity index (χ2n) is 4.97. The van der Waals surface area contributed by atoms with E-state index in [4.69, 9.17) is 4.74 Å². The monoisotopic (exact) mass is 239 g/mol. The molecule has 0 aromatic carbocycles. The summed E-state index contributed by atoms with van der Waals surface area (Å²) in [5.74, 6) is 0. The van der Waals surface area contributed by atoms with Gasteiger partial charge in [-0.3, -0.25) is 0 Å². The van der Waals surface area contributed by atoms with Gasteiger partial charge in [0.05, 0.1) is 6.10 Å². The standard InChI is InChI=1S/C13H21NOS/c1-9-7-12(10(2)16-9)8-14-13(4)5-6-15-11(13)3/h7,11,14H,5-6,8H2,1-4H3. The first-order chi connectivity index (χ1) is 7.51. The Bertz CT molecular complexity index is 374. The summed E-state index contributed by atoms with van der Waals surface area (Å²) in [6, 6.07) is 2.29. The van der Waals surface area contributed by atoms with Gasteiger partial charge in [-0.25, -0.2) is 0 Å². The van der Waals surface area contributed by atoms with E-state index in [1.165, 1.54) is 15.3 Å². The van der Waals surface area contributed by atoms with Crippen molar-refractivity contribution in [1.29, 1.82) is 0 Å². The molecule has 1 fully saturated rings. The van der Waals surface area contributed by atoms with Gasteiger partial charge in [0.2, 0.25) is 0 Å². The van der Waals surface area contributed by atoms with E-state index in [9.17, 15) is 0 Å². The number of aryl methyl sites for hydroxylation is 2. The van der Waals surface area contributed by atoms with E-state index < -0.39 is 0 Å². The zero-order valence-corrected chi connectivity index (χ0v) is 11.4. The molecule has 0 bridgehead atoms. The molecular formula is C13H21NOS. The van der Waals surface area contributed by atoms with Crippen LogP contribution in [0.3, 0.4) is 0 Å². The number of thiophene rings is 1. The van der Waals surface area contributed by atoms with E-state index in [-0.39, 0.29) is 5.54 Å². The van der Waals surface area contributed by atoms with E-state index in [0.717, 1.165) is 19.6 Å². The van der Waals surface area contributed by atoms with Crippen molar-refractivity contribution in [1.82, 2.24) is 5.32 Å². The molecule has 2 unspecified atom stereocenters. The lowest BCUT2D eigenvalue weighted by molar-refractivity contribution is 0.0881. The summed E-state index contributed by atoms with van der Waals surface area (Å²) in [5, 5.41) is 3.66. The maximum atomic E-state index is 5.63. The number of nitrogens with one attached hydrogen (secondary N) is 1. The molecule has 90 valence electrons. The second-order valence-corrected chi connectivity index (χ2v) is 6.43. The topological polar surface area (TPSA) is 21.3 Å². The molecule has 16 heavy (non-hydrogen) atoms. The lowest BCUT2D eigenvalue weighted by atomic mass is 9.94. The third-order valence-corrected chi connectivity index (χ3v) is 4.72. The summed E-state index contributed by atoms with van der Waals surface area (Å²) in [6.07, 6.45) is 1.42. The molecule has 1 aromatic heterocycles. The number of hydrogen-bond acceptors (Lipinski definition) is 3. The molecule has 1 aromatic rings. The highest BCUT2D eigenvalue weighted by Crippen LogP contribution is 2.27. The molecule has 1 saturated heterocycles. The highest BCUT2D eigenvalue weighted by atomic mass is 32.1. The molecule has 1 aliphatic heterocycles. The smallest absolute Gasteiger partial charge is 0.0726 e. The van der Waals surface area contributed by atoms with Crippen LogP contribution in [0.2, 0.25) is 0 Å². The van der Waals surface area contributed by atoms with Gasteiger partial charge in [0, 0.05) is 28.4 Å². The maximum Gasteiger partial charge on any atom is 0.0726 e. The van der Waals surface area contributed by atoms with Crippen molar-refractivity contribution < 1.29 is 4.74 Å². The Labute approximate surface area is 102 Å². The summed E-state index contributed by atoms with van der Waals surface area (Å²) in [4.78, 5) is 2.83. The van der Waals surface area contributed by atoms with Crippen molar-refractivity contribution in [2.75, 3.05) is 6.61 Å². The highest BCUT2D eigenvalue weighted by molar-refractivity contribution is 7.12. The van der Waals surface area contributed by atoms with Crippen LogP contribution in [0.25, 0.3) is 0 Å². The van der Waals surface area contributed by atoms with Crippen LogP contribution >= 0.6 is 11.3 Å². The normalized spacial score (nSPS) is 29.9. The quantitative estimate of drug-likeness (QED) is 0.875. The van der Waals surface area contributed by atoms with Crippen LogP contribution in [-0.2, 0) is 11.3 Å². The van der Waals surface area contributed by atoms with E-state index in [1.807, 2.05) is 11.3 Å². The van der Waals surface area contributed by atoms with Gasteiger partial charge in [0.1, 0.15) is 0 Å². The molecule has 0 amide bonds. The molecule has 2 nitrogen and oxygen atoms in total. The van der Waals surface area contributed by atoms with Gasteiger partial charge in [0.25, 0.3) is 0 Å². The van der Waals surface area contributed by atoms with Crippen LogP contribution in [-0.4, -0.2) is 18.2 Å². The van der Waals surface area contributed by atoms with Crippen LogP contribution in [0.1, 0.15) is 35.6 Å². The molecule has 0 aliphatic carbocycles. The summed E-state index contributed by atoms with van der Waals surface area (Å²) < 4.78 is 5.63. The summed E-state index contributed by atoms with van der Waals surface area (Å²) >= 11 is 1.88. The van der Waals surface area contributed by atoms with Crippen molar-refractivity contribution in [3.63, 3.8) is 0 Å². The summed E-state index contributed by atoms with van der Waals surface area (Å²) in [6.45, 7) is 10.6. The average Bonchev–Trinajstić information content (AvgIpc) is 2.69. The third kappa shape index (κ3) is 2.31. The SMILES string of the molecule is Cc1cc(CNC2(C)CCOC2C)c(C)s1. The molecule has 0 radical (unpaired) electrons. The van der Waals surface area contributed by atoms with Crippen molar-refractivity contribution in [3.8, 4) is 0 Å². The molecule has 2 atom stereocenters. The van der Waals surface area contributed by atoms with Crippen molar-refractivity contribution in [3.05, 3.63) is 21.4 Å². The zero-order valence-electron chi connectivity index (χ0n) is 10.6. The Balaban J connectivity index is 1.99. The molecule has 0 spiro atoms. The second kappa shape index (κ2) is 4.47. The van der Waals surface area contributed by atoms with Crippen LogP contribution in [0.15, 0.2) is 6.07 Å². The maximum absolute atomic E-state index is 5.63. The van der Waals surface area contributed by atoms with Gasteiger partial charge in [0.15, 0.2) is 0 Å². The Hall–Kier alpha value is -0.380. The highest BCUT2D eigenvalue weighted by Gasteiger charge is 2.36. The number of rotatable bonds is 3. The summed E-state index contributed by atoms with van der Waals surface area (Å²) in [5.41, 5.74) is 1.57. The van der Waals surface area contributed by atoms with Gasteiger partial charge in [-0.05, 0) is 45.7 Å². The van der Waals surface area contributed by atoms with Crippen molar-refractivity contribution >= 4 is 11.3 Å². The molecular weight excluding hydrogens is 218 g/mol. The Kier molecular flexibility index (Phi) is 3.38.